The van der Waals surface area contributed by atoms with Gasteiger partial charge >= 0.3 is 0 Å². The van der Waals surface area contributed by atoms with Crippen LogP contribution in [0.5, 0.6) is 5.75 Å². The van der Waals surface area contributed by atoms with Gasteiger partial charge in [-0.2, -0.15) is 0 Å². The molecular formula is C15H17N3O6S3. The Bertz CT molecular complexity index is 1090. The first kappa shape index (κ1) is 19.6. The van der Waals surface area contributed by atoms with Crippen molar-refractivity contribution in [1.82, 2.24) is 4.98 Å². The molecule has 1 fully saturated rings. The van der Waals surface area contributed by atoms with Crippen molar-refractivity contribution in [2.24, 2.45) is 0 Å². The van der Waals surface area contributed by atoms with E-state index in [-0.39, 0.29) is 40.2 Å². The molecule has 146 valence electrons. The zero-order valence-corrected chi connectivity index (χ0v) is 16.9. The Morgan fingerprint density at radius 1 is 1.37 bits per heavy atom. The molecule has 3 rings (SSSR count). The summed E-state index contributed by atoms with van der Waals surface area (Å²) in [4.78, 5) is 15.8. The average molecular weight is 432 g/mol. The van der Waals surface area contributed by atoms with Crippen LogP contribution in [0.3, 0.4) is 0 Å². The minimum Gasteiger partial charge on any atom is -0.492 e. The van der Waals surface area contributed by atoms with Gasteiger partial charge in [-0.15, -0.1) is 11.3 Å². The number of sulfonamides is 2. The normalized spacial score (nSPS) is 16.5. The summed E-state index contributed by atoms with van der Waals surface area (Å²) in [5.41, 5.74) is 0.613. The molecule has 12 heteroatoms. The maximum Gasteiger partial charge on any atom is 0.267 e. The van der Waals surface area contributed by atoms with Crippen LogP contribution in [0.25, 0.3) is 0 Å². The Morgan fingerprint density at radius 2 is 2.11 bits per heavy atom. The van der Waals surface area contributed by atoms with Gasteiger partial charge < -0.3 is 4.74 Å². The number of ether oxygens (including phenoxy) is 1. The molecule has 0 unspecified atom stereocenters. The summed E-state index contributed by atoms with van der Waals surface area (Å²) in [7, 11) is -7.93. The number of carbonyl (C=O) groups excluding carboxylic acids is 1. The highest BCUT2D eigenvalue weighted by Crippen LogP contribution is 2.34. The number of carbonyl (C=O) groups is 1. The van der Waals surface area contributed by atoms with E-state index in [0.717, 1.165) is 17.4 Å². The molecule has 2 heterocycles. The molecule has 1 aromatic carbocycles. The fraction of sp³-hybridized carbons (Fsp3) is 0.333. The fourth-order valence-corrected chi connectivity index (χ4v) is 6.11. The van der Waals surface area contributed by atoms with Crippen LogP contribution < -0.4 is 13.8 Å². The van der Waals surface area contributed by atoms with Gasteiger partial charge in [0.1, 0.15) is 10.6 Å². The van der Waals surface area contributed by atoms with Gasteiger partial charge in [0.2, 0.25) is 15.9 Å². The number of anilines is 2. The summed E-state index contributed by atoms with van der Waals surface area (Å²) >= 11 is 1.12. The van der Waals surface area contributed by atoms with E-state index in [0.29, 0.717) is 10.00 Å². The molecule has 0 bridgehead atoms. The molecule has 1 saturated heterocycles. The number of nitrogens with zero attached hydrogens (tertiary/aromatic N) is 2. The highest BCUT2D eigenvalue weighted by Gasteiger charge is 2.37. The Hall–Kier alpha value is -2.18. The summed E-state index contributed by atoms with van der Waals surface area (Å²) in [6.07, 6.45) is -0.145. The van der Waals surface area contributed by atoms with Gasteiger partial charge in [-0.05, 0) is 32.0 Å². The molecule has 0 atom stereocenters. The smallest absolute Gasteiger partial charge is 0.267 e. The first-order valence-electron chi connectivity index (χ1n) is 7.91. The van der Waals surface area contributed by atoms with Crippen molar-refractivity contribution in [2.75, 3.05) is 21.4 Å². The van der Waals surface area contributed by atoms with Crippen LogP contribution in [0.15, 0.2) is 28.5 Å². The second-order valence-corrected chi connectivity index (χ2v) is 10.1. The van der Waals surface area contributed by atoms with Crippen molar-refractivity contribution in [2.45, 2.75) is 25.2 Å². The van der Waals surface area contributed by atoms with Crippen LogP contribution in [-0.4, -0.2) is 40.1 Å². The van der Waals surface area contributed by atoms with Crippen LogP contribution in [0, 0.1) is 6.92 Å². The number of hydrogen-bond acceptors (Lipinski definition) is 8. The van der Waals surface area contributed by atoms with E-state index in [2.05, 4.69) is 9.71 Å². The Kier molecular flexibility index (Phi) is 5.14. The number of aryl methyl sites for hydroxylation is 1. The monoisotopic (exact) mass is 431 g/mol. The molecule has 0 saturated carbocycles. The first-order chi connectivity index (χ1) is 12.6. The summed E-state index contributed by atoms with van der Waals surface area (Å²) in [6, 6.07) is 3.80. The molecule has 2 aromatic rings. The van der Waals surface area contributed by atoms with Crippen molar-refractivity contribution < 1.29 is 26.4 Å². The fourth-order valence-electron chi connectivity index (χ4n) is 2.55. The predicted octanol–water partition coefficient (Wildman–Crippen LogP) is 1.72. The third-order valence-corrected chi connectivity index (χ3v) is 7.73. The molecule has 27 heavy (non-hydrogen) atoms. The van der Waals surface area contributed by atoms with Crippen molar-refractivity contribution in [3.05, 3.63) is 29.3 Å². The van der Waals surface area contributed by atoms with Gasteiger partial charge in [0.25, 0.3) is 10.0 Å². The quantitative estimate of drug-likeness (QED) is 0.739. The number of amides is 1. The molecule has 9 nitrogen and oxygen atoms in total. The second-order valence-electron chi connectivity index (χ2n) is 5.69. The largest absolute Gasteiger partial charge is 0.492 e. The number of rotatable bonds is 6. The zero-order valence-electron chi connectivity index (χ0n) is 14.5. The summed E-state index contributed by atoms with van der Waals surface area (Å²) in [5, 5.41) is 1.86. The number of nitrogens with one attached hydrogen (secondary N) is 1. The van der Waals surface area contributed by atoms with Crippen molar-refractivity contribution >= 4 is 48.1 Å². The maximum atomic E-state index is 12.8. The van der Waals surface area contributed by atoms with Crippen molar-refractivity contribution in [3.63, 3.8) is 0 Å². The van der Waals surface area contributed by atoms with E-state index < -0.39 is 26.0 Å². The molecule has 0 radical (unpaired) electrons. The standard InChI is InChI=1S/C15H17N3O6S3/c1-3-24-12-5-4-11(18-14(19)6-7-26(18,20)21)8-13(12)27(22,23)17-15-16-10(2)9-25-15/h4-5,8-9H,3,6-7H2,1-2H3,(H,16,17). The van der Waals surface area contributed by atoms with Crippen LogP contribution in [-0.2, 0) is 24.8 Å². The predicted molar refractivity (Wildman–Crippen MR) is 101 cm³/mol. The third-order valence-electron chi connectivity index (χ3n) is 3.67. The first-order valence-corrected chi connectivity index (χ1v) is 11.9. The Balaban J connectivity index is 2.08. The topological polar surface area (TPSA) is 123 Å². The van der Waals surface area contributed by atoms with Crippen LogP contribution >= 0.6 is 11.3 Å². The van der Waals surface area contributed by atoms with E-state index in [1.54, 1.807) is 19.2 Å². The van der Waals surface area contributed by atoms with E-state index in [1.165, 1.54) is 12.1 Å². The van der Waals surface area contributed by atoms with Gasteiger partial charge in [-0.25, -0.2) is 26.1 Å². The van der Waals surface area contributed by atoms with E-state index in [4.69, 9.17) is 4.74 Å². The highest BCUT2D eigenvalue weighted by atomic mass is 32.2. The molecule has 1 aliphatic rings. The van der Waals surface area contributed by atoms with Crippen LogP contribution in [0.1, 0.15) is 19.0 Å². The number of thiazole rings is 1. The Morgan fingerprint density at radius 3 is 2.67 bits per heavy atom. The minimum absolute atomic E-state index is 0.0448. The molecule has 0 aliphatic carbocycles. The lowest BCUT2D eigenvalue weighted by Crippen LogP contribution is -2.29. The van der Waals surface area contributed by atoms with E-state index >= 15 is 0 Å². The SMILES string of the molecule is CCOc1ccc(N2C(=O)CCS2(=O)=O)cc1S(=O)(=O)Nc1nc(C)cs1. The molecule has 1 N–H and O–H groups in total. The lowest BCUT2D eigenvalue weighted by atomic mass is 10.3. The average Bonchev–Trinajstić information content (AvgIpc) is 3.10. The molecule has 1 amide bonds. The number of aromatic nitrogens is 1. The number of hydrogen-bond donors (Lipinski definition) is 1. The lowest BCUT2D eigenvalue weighted by Gasteiger charge is -2.18. The van der Waals surface area contributed by atoms with E-state index in [1.807, 2.05) is 0 Å². The minimum atomic E-state index is -4.12. The van der Waals surface area contributed by atoms with E-state index in [9.17, 15) is 21.6 Å². The molecule has 1 aromatic heterocycles. The Labute approximate surface area is 161 Å². The summed E-state index contributed by atoms with van der Waals surface area (Å²) in [5.74, 6) is -0.866. The molecule has 1 aliphatic heterocycles. The third kappa shape index (κ3) is 3.92. The highest BCUT2D eigenvalue weighted by molar-refractivity contribution is 7.94. The van der Waals surface area contributed by atoms with Crippen LogP contribution in [0.2, 0.25) is 0 Å². The molecular weight excluding hydrogens is 414 g/mol. The van der Waals surface area contributed by atoms with Gasteiger partial charge in [-0.3, -0.25) is 9.52 Å². The number of benzene rings is 1. The summed E-state index contributed by atoms with van der Waals surface area (Å²) < 4.78 is 58.3. The lowest BCUT2D eigenvalue weighted by molar-refractivity contribution is -0.116. The van der Waals surface area contributed by atoms with Gasteiger partial charge in [-0.1, -0.05) is 0 Å². The van der Waals surface area contributed by atoms with Crippen molar-refractivity contribution in [1.29, 1.82) is 0 Å². The zero-order chi connectivity index (χ0) is 19.8. The van der Waals surface area contributed by atoms with Gasteiger partial charge in [0, 0.05) is 11.8 Å². The van der Waals surface area contributed by atoms with Gasteiger partial charge in [0.15, 0.2) is 5.13 Å². The van der Waals surface area contributed by atoms with Crippen LogP contribution in [0.4, 0.5) is 10.8 Å². The maximum absolute atomic E-state index is 12.8. The second kappa shape index (κ2) is 7.09. The summed E-state index contributed by atoms with van der Waals surface area (Å²) in [6.45, 7) is 3.62. The van der Waals surface area contributed by atoms with Crippen molar-refractivity contribution in [3.8, 4) is 5.75 Å². The molecule has 0 spiro atoms. The van der Waals surface area contributed by atoms with Gasteiger partial charge in [0.05, 0.1) is 23.7 Å².